The van der Waals surface area contributed by atoms with Gasteiger partial charge in [0.25, 0.3) is 0 Å². The van der Waals surface area contributed by atoms with Crippen LogP contribution < -0.4 is 10.2 Å². The number of halogens is 1. The molecular formula is C14H11BClNO4. The Balaban J connectivity index is 2.17. The molecular weight excluding hydrogens is 292 g/mol. The molecule has 1 aromatic rings. The molecule has 1 heterocycles. The van der Waals surface area contributed by atoms with Crippen LogP contribution in [0, 0.1) is 11.3 Å². The van der Waals surface area contributed by atoms with Crippen LogP contribution in [-0.4, -0.2) is 17.2 Å². The maximum Gasteiger partial charge on any atom is 0.491 e. The first-order valence-electron chi connectivity index (χ1n) is 5.98. The van der Waals surface area contributed by atoms with E-state index in [0.29, 0.717) is 11.2 Å². The first-order chi connectivity index (χ1) is 10.0. The molecule has 1 aliphatic rings. The summed E-state index contributed by atoms with van der Waals surface area (Å²) in [5.74, 6) is 0.0926. The summed E-state index contributed by atoms with van der Waals surface area (Å²) in [5.41, 5.74) is 1.47. The minimum absolute atomic E-state index is 0.0118. The molecule has 0 fully saturated rings. The number of hydrogen-bond acceptors (Lipinski definition) is 5. The Kier molecular flexibility index (Phi) is 4.71. The van der Waals surface area contributed by atoms with E-state index in [4.69, 9.17) is 26.3 Å². The third-order valence-electron chi connectivity index (χ3n) is 2.84. The molecule has 0 saturated heterocycles. The van der Waals surface area contributed by atoms with Crippen molar-refractivity contribution >= 4 is 24.2 Å². The van der Waals surface area contributed by atoms with Crippen LogP contribution in [-0.2, 0) is 11.3 Å². The second-order valence-corrected chi connectivity index (χ2v) is 4.56. The Bertz CT molecular complexity index is 678. The highest BCUT2D eigenvalue weighted by molar-refractivity contribution is 6.61. The van der Waals surface area contributed by atoms with Gasteiger partial charge in [0.2, 0.25) is 0 Å². The number of hydrogen-bond donors (Lipinski definition) is 2. The summed E-state index contributed by atoms with van der Waals surface area (Å²) in [7, 11) is -0.919. The molecule has 0 amide bonds. The van der Waals surface area contributed by atoms with E-state index < -0.39 is 7.12 Å². The predicted molar refractivity (Wildman–Crippen MR) is 78.9 cm³/mol. The van der Waals surface area contributed by atoms with Gasteiger partial charge in [0, 0.05) is 6.08 Å². The minimum atomic E-state index is -0.919. The molecule has 106 valence electrons. The number of ether oxygens (including phenoxy) is 1. The monoisotopic (exact) mass is 303 g/mol. The first-order valence-corrected chi connectivity index (χ1v) is 6.36. The van der Waals surface area contributed by atoms with Gasteiger partial charge in [-0.1, -0.05) is 12.6 Å². The lowest BCUT2D eigenvalue weighted by Gasteiger charge is -2.06. The van der Waals surface area contributed by atoms with E-state index in [1.165, 1.54) is 6.08 Å². The van der Waals surface area contributed by atoms with Crippen LogP contribution in [0.2, 0.25) is 0 Å². The van der Waals surface area contributed by atoms with Crippen molar-refractivity contribution in [1.29, 1.82) is 5.26 Å². The number of allylic oxidation sites excluding steroid dienone is 3. The van der Waals surface area contributed by atoms with Crippen molar-refractivity contribution in [2.75, 3.05) is 0 Å². The lowest BCUT2D eigenvalue weighted by molar-refractivity contribution is 0.275. The average molecular weight is 304 g/mol. The van der Waals surface area contributed by atoms with Gasteiger partial charge in [-0.3, -0.25) is 0 Å². The minimum Gasteiger partial charge on any atom is -0.506 e. The van der Waals surface area contributed by atoms with Crippen LogP contribution in [0.25, 0.3) is 0 Å². The molecule has 0 spiro atoms. The van der Waals surface area contributed by atoms with Crippen molar-refractivity contribution < 1.29 is 19.5 Å². The Morgan fingerprint density at radius 2 is 2.33 bits per heavy atom. The fourth-order valence-corrected chi connectivity index (χ4v) is 2.00. The number of aliphatic hydroxyl groups is 1. The molecule has 0 unspecified atom stereocenters. The molecule has 5 nitrogen and oxygen atoms in total. The normalized spacial score (nSPS) is 15.1. The number of aliphatic hydroxyl groups excluding tert-OH is 1. The molecule has 21 heavy (non-hydrogen) atoms. The second-order valence-electron chi connectivity index (χ2n) is 4.19. The molecule has 0 bridgehead atoms. The van der Waals surface area contributed by atoms with Gasteiger partial charge in [-0.15, -0.1) is 0 Å². The zero-order chi connectivity index (χ0) is 15.4. The molecule has 1 aliphatic heterocycles. The number of nitriles is 1. The van der Waals surface area contributed by atoms with Gasteiger partial charge in [0.05, 0.1) is 12.2 Å². The van der Waals surface area contributed by atoms with Gasteiger partial charge in [-0.2, -0.15) is 5.26 Å². The SMILES string of the molecule is C=C/C(C#N)=C(O)\C=C(/Cl)Oc1ccc2c(c1)COB2O. The van der Waals surface area contributed by atoms with Gasteiger partial charge in [0.1, 0.15) is 17.6 Å². The molecule has 0 saturated carbocycles. The van der Waals surface area contributed by atoms with Crippen LogP contribution in [0.15, 0.2) is 53.5 Å². The van der Waals surface area contributed by atoms with Crippen molar-refractivity contribution in [3.05, 3.63) is 59.0 Å². The Morgan fingerprint density at radius 3 is 3.00 bits per heavy atom. The highest BCUT2D eigenvalue weighted by atomic mass is 35.5. The van der Waals surface area contributed by atoms with E-state index in [0.717, 1.165) is 11.6 Å². The molecule has 0 aromatic heterocycles. The number of benzene rings is 1. The highest BCUT2D eigenvalue weighted by Crippen LogP contribution is 2.21. The number of nitrogens with zero attached hydrogens (tertiary/aromatic N) is 1. The van der Waals surface area contributed by atoms with Crippen LogP contribution in [0.3, 0.4) is 0 Å². The molecule has 7 heteroatoms. The summed E-state index contributed by atoms with van der Waals surface area (Å²) >= 11 is 5.87. The van der Waals surface area contributed by atoms with E-state index in [9.17, 15) is 10.1 Å². The third-order valence-corrected chi connectivity index (χ3v) is 3.03. The van der Waals surface area contributed by atoms with E-state index in [-0.39, 0.29) is 23.2 Å². The van der Waals surface area contributed by atoms with E-state index >= 15 is 0 Å². The van der Waals surface area contributed by atoms with Gasteiger partial charge in [-0.05, 0) is 40.8 Å². The van der Waals surface area contributed by atoms with E-state index in [1.807, 2.05) is 0 Å². The molecule has 0 aliphatic carbocycles. The van der Waals surface area contributed by atoms with Gasteiger partial charge >= 0.3 is 7.12 Å². The van der Waals surface area contributed by atoms with Gasteiger partial charge < -0.3 is 19.5 Å². The highest BCUT2D eigenvalue weighted by Gasteiger charge is 2.27. The smallest absolute Gasteiger partial charge is 0.491 e. The first kappa shape index (κ1) is 15.2. The Hall–Kier alpha value is -2.20. The van der Waals surface area contributed by atoms with Crippen molar-refractivity contribution in [3.63, 3.8) is 0 Å². The van der Waals surface area contributed by atoms with Crippen LogP contribution >= 0.6 is 11.6 Å². The summed E-state index contributed by atoms with van der Waals surface area (Å²) in [6, 6.07) is 6.74. The second kappa shape index (κ2) is 6.50. The fraction of sp³-hybridized carbons (Fsp3) is 0.0714. The fourth-order valence-electron chi connectivity index (χ4n) is 1.80. The van der Waals surface area contributed by atoms with Crippen molar-refractivity contribution in [2.45, 2.75) is 6.61 Å². The van der Waals surface area contributed by atoms with Crippen LogP contribution in [0.4, 0.5) is 0 Å². The standard InChI is InChI=1S/C14H11BClNO4/c1-2-9(7-17)13(18)6-14(16)21-11-3-4-12-10(5-11)8-20-15(12)19/h2-6,18-19H,1,8H2/b13-9-,14-6+. The summed E-state index contributed by atoms with van der Waals surface area (Å²) in [5, 5.41) is 27.8. The largest absolute Gasteiger partial charge is 0.506 e. The summed E-state index contributed by atoms with van der Waals surface area (Å²) in [6.45, 7) is 3.69. The van der Waals surface area contributed by atoms with Crippen LogP contribution in [0.1, 0.15) is 5.56 Å². The molecule has 0 atom stereocenters. The summed E-state index contributed by atoms with van der Waals surface area (Å²) in [4.78, 5) is 0. The number of rotatable bonds is 4. The molecule has 0 radical (unpaired) electrons. The van der Waals surface area contributed by atoms with Gasteiger partial charge in [0.15, 0.2) is 5.22 Å². The molecule has 1 aromatic carbocycles. The zero-order valence-electron chi connectivity index (χ0n) is 10.9. The van der Waals surface area contributed by atoms with E-state index in [1.54, 1.807) is 24.3 Å². The Morgan fingerprint density at radius 1 is 1.57 bits per heavy atom. The van der Waals surface area contributed by atoms with Crippen molar-refractivity contribution in [2.24, 2.45) is 0 Å². The lowest BCUT2D eigenvalue weighted by atomic mass is 9.80. The quantitative estimate of drug-likeness (QED) is 0.384. The maximum atomic E-state index is 9.64. The third kappa shape index (κ3) is 3.47. The topological polar surface area (TPSA) is 82.7 Å². The van der Waals surface area contributed by atoms with E-state index in [2.05, 4.69) is 6.58 Å². The molecule has 2 rings (SSSR count). The Labute approximate surface area is 127 Å². The number of fused-ring (bicyclic) bond motifs is 1. The van der Waals surface area contributed by atoms with Gasteiger partial charge in [-0.25, -0.2) is 0 Å². The predicted octanol–water partition coefficient (Wildman–Crippen LogP) is 1.88. The van der Waals surface area contributed by atoms with Crippen LogP contribution in [0.5, 0.6) is 5.75 Å². The average Bonchev–Trinajstić information content (AvgIpc) is 2.81. The summed E-state index contributed by atoms with van der Waals surface area (Å²) < 4.78 is 10.4. The molecule has 2 N–H and O–H groups in total. The maximum absolute atomic E-state index is 9.64. The lowest BCUT2D eigenvalue weighted by Crippen LogP contribution is -2.27. The van der Waals surface area contributed by atoms with Crippen molar-refractivity contribution in [1.82, 2.24) is 0 Å². The summed E-state index contributed by atoms with van der Waals surface area (Å²) in [6.07, 6.45) is 2.32. The van der Waals surface area contributed by atoms with Crippen molar-refractivity contribution in [3.8, 4) is 11.8 Å². The zero-order valence-corrected chi connectivity index (χ0v) is 11.7.